The highest BCUT2D eigenvalue weighted by atomic mass is 35.5. The monoisotopic (exact) mass is 264 g/mol. The van der Waals surface area contributed by atoms with Crippen molar-refractivity contribution in [2.24, 2.45) is 5.73 Å². The highest BCUT2D eigenvalue weighted by Gasteiger charge is 2.09. The SMILES string of the molecule is Cl.N=C(N)NC(=O)NCc1c(F)cccc1F. The van der Waals surface area contributed by atoms with Gasteiger partial charge < -0.3 is 11.1 Å². The Labute approximate surface area is 102 Å². The smallest absolute Gasteiger partial charge is 0.321 e. The molecule has 17 heavy (non-hydrogen) atoms. The van der Waals surface area contributed by atoms with Gasteiger partial charge in [-0.3, -0.25) is 10.7 Å². The molecule has 0 atom stereocenters. The highest BCUT2D eigenvalue weighted by molar-refractivity contribution is 5.93. The zero-order valence-corrected chi connectivity index (χ0v) is 9.41. The van der Waals surface area contributed by atoms with Crippen molar-refractivity contribution < 1.29 is 13.6 Å². The fourth-order valence-corrected chi connectivity index (χ4v) is 1.04. The minimum atomic E-state index is -0.796. The van der Waals surface area contributed by atoms with Gasteiger partial charge in [0.1, 0.15) is 11.6 Å². The van der Waals surface area contributed by atoms with E-state index in [1.807, 2.05) is 5.32 Å². The first-order valence-electron chi connectivity index (χ1n) is 4.32. The summed E-state index contributed by atoms with van der Waals surface area (Å²) < 4.78 is 26.2. The molecule has 5 nitrogen and oxygen atoms in total. The number of guanidine groups is 1. The first-order chi connectivity index (χ1) is 7.50. The van der Waals surface area contributed by atoms with E-state index in [4.69, 9.17) is 11.1 Å². The molecule has 0 aliphatic rings. The summed E-state index contributed by atoms with van der Waals surface area (Å²) in [5, 5.41) is 10.8. The molecule has 0 saturated heterocycles. The molecule has 8 heteroatoms. The third-order valence-electron chi connectivity index (χ3n) is 1.74. The zero-order chi connectivity index (χ0) is 12.1. The summed E-state index contributed by atoms with van der Waals surface area (Å²) in [5.41, 5.74) is 4.64. The molecule has 1 rings (SSSR count). The predicted molar refractivity (Wildman–Crippen MR) is 60.9 cm³/mol. The Bertz CT molecular complexity index is 407. The summed E-state index contributed by atoms with van der Waals surface area (Å²) in [6, 6.07) is 2.60. The van der Waals surface area contributed by atoms with Crippen molar-refractivity contribution in [2.45, 2.75) is 6.54 Å². The van der Waals surface area contributed by atoms with E-state index in [0.717, 1.165) is 12.1 Å². The predicted octanol–water partition coefficient (Wildman–Crippen LogP) is 1.08. The Morgan fingerprint density at radius 2 is 1.88 bits per heavy atom. The van der Waals surface area contributed by atoms with Crippen LogP contribution in [0.25, 0.3) is 0 Å². The van der Waals surface area contributed by atoms with Crippen LogP contribution in [0.1, 0.15) is 5.56 Å². The van der Waals surface area contributed by atoms with Crippen LogP contribution in [-0.2, 0) is 6.54 Å². The van der Waals surface area contributed by atoms with Crippen LogP contribution in [0.3, 0.4) is 0 Å². The minimum Gasteiger partial charge on any atom is -0.370 e. The van der Waals surface area contributed by atoms with Gasteiger partial charge in [-0.1, -0.05) is 6.07 Å². The van der Waals surface area contributed by atoms with E-state index in [1.165, 1.54) is 6.07 Å². The first-order valence-corrected chi connectivity index (χ1v) is 4.32. The maximum absolute atomic E-state index is 13.1. The fraction of sp³-hybridized carbons (Fsp3) is 0.111. The van der Waals surface area contributed by atoms with Crippen LogP contribution in [0.4, 0.5) is 13.6 Å². The lowest BCUT2D eigenvalue weighted by Gasteiger charge is -2.07. The third kappa shape index (κ3) is 4.64. The van der Waals surface area contributed by atoms with Gasteiger partial charge in [-0.15, -0.1) is 12.4 Å². The van der Waals surface area contributed by atoms with Crippen LogP contribution < -0.4 is 16.4 Å². The number of nitrogens with one attached hydrogen (secondary N) is 3. The lowest BCUT2D eigenvalue weighted by Crippen LogP contribution is -2.42. The molecular weight excluding hydrogens is 254 g/mol. The number of carbonyl (C=O) groups is 1. The molecule has 0 aromatic heterocycles. The number of amides is 2. The Hall–Kier alpha value is -1.89. The molecule has 0 heterocycles. The van der Waals surface area contributed by atoms with E-state index in [2.05, 4.69) is 5.32 Å². The van der Waals surface area contributed by atoms with Crippen molar-refractivity contribution in [3.8, 4) is 0 Å². The van der Waals surface area contributed by atoms with E-state index in [1.54, 1.807) is 0 Å². The molecule has 94 valence electrons. The second-order valence-electron chi connectivity index (χ2n) is 2.92. The van der Waals surface area contributed by atoms with E-state index in [9.17, 15) is 13.6 Å². The van der Waals surface area contributed by atoms with Crippen molar-refractivity contribution in [1.29, 1.82) is 5.41 Å². The van der Waals surface area contributed by atoms with E-state index >= 15 is 0 Å². The number of urea groups is 1. The lowest BCUT2D eigenvalue weighted by molar-refractivity contribution is 0.244. The third-order valence-corrected chi connectivity index (χ3v) is 1.74. The number of halogens is 3. The maximum atomic E-state index is 13.1. The molecule has 5 N–H and O–H groups in total. The average molecular weight is 265 g/mol. The second kappa shape index (κ2) is 6.64. The number of benzene rings is 1. The van der Waals surface area contributed by atoms with Gasteiger partial charge in [0.05, 0.1) is 6.54 Å². The van der Waals surface area contributed by atoms with Gasteiger partial charge in [-0.05, 0) is 12.1 Å². The quantitative estimate of drug-likeness (QED) is 0.475. The Kier molecular flexibility index (Phi) is 5.90. The molecule has 0 fully saturated rings. The lowest BCUT2D eigenvalue weighted by atomic mass is 10.2. The highest BCUT2D eigenvalue weighted by Crippen LogP contribution is 2.11. The van der Waals surface area contributed by atoms with Crippen molar-refractivity contribution in [3.63, 3.8) is 0 Å². The second-order valence-corrected chi connectivity index (χ2v) is 2.92. The van der Waals surface area contributed by atoms with Crippen LogP contribution in [0, 0.1) is 17.0 Å². The van der Waals surface area contributed by atoms with Gasteiger partial charge >= 0.3 is 6.03 Å². The number of hydrogen-bond donors (Lipinski definition) is 4. The van der Waals surface area contributed by atoms with Crippen LogP contribution in [0.5, 0.6) is 0 Å². The van der Waals surface area contributed by atoms with Gasteiger partial charge in [-0.25, -0.2) is 13.6 Å². The zero-order valence-electron chi connectivity index (χ0n) is 8.59. The van der Waals surface area contributed by atoms with Gasteiger partial charge in [0.2, 0.25) is 0 Å². The fourth-order valence-electron chi connectivity index (χ4n) is 1.04. The van der Waals surface area contributed by atoms with Crippen molar-refractivity contribution in [1.82, 2.24) is 10.6 Å². The molecule has 0 spiro atoms. The standard InChI is InChI=1S/C9H10F2N4O.ClH/c10-6-2-1-3-7(11)5(6)4-14-9(16)15-8(12)13;/h1-3H,4H2,(H5,12,13,14,15,16);1H. The van der Waals surface area contributed by atoms with E-state index in [-0.39, 0.29) is 24.5 Å². The Balaban J connectivity index is 0.00000256. The van der Waals surface area contributed by atoms with Crippen LogP contribution in [0.15, 0.2) is 18.2 Å². The number of nitrogens with two attached hydrogens (primary N) is 1. The molecule has 0 unspecified atom stereocenters. The summed E-state index contributed by atoms with van der Waals surface area (Å²) in [6.45, 7) is -0.322. The van der Waals surface area contributed by atoms with Crippen molar-refractivity contribution in [3.05, 3.63) is 35.4 Å². The molecule has 0 saturated carbocycles. The topological polar surface area (TPSA) is 91.0 Å². The minimum absolute atomic E-state index is 0. The molecule has 0 bridgehead atoms. The molecular formula is C9H11ClF2N4O. The van der Waals surface area contributed by atoms with Gasteiger partial charge in [0, 0.05) is 5.56 Å². The Morgan fingerprint density at radius 3 is 2.35 bits per heavy atom. The number of carbonyl (C=O) groups excluding carboxylic acids is 1. The molecule has 0 aliphatic heterocycles. The van der Waals surface area contributed by atoms with Gasteiger partial charge in [-0.2, -0.15) is 0 Å². The van der Waals surface area contributed by atoms with Crippen molar-refractivity contribution >= 4 is 24.4 Å². The first kappa shape index (κ1) is 15.1. The Morgan fingerprint density at radius 1 is 1.35 bits per heavy atom. The normalized spacial score (nSPS) is 9.06. The summed E-state index contributed by atoms with van der Waals surface area (Å²) in [4.78, 5) is 11.0. The van der Waals surface area contributed by atoms with Gasteiger partial charge in [0.25, 0.3) is 0 Å². The molecule has 0 aliphatic carbocycles. The van der Waals surface area contributed by atoms with Crippen LogP contribution in [-0.4, -0.2) is 12.0 Å². The van der Waals surface area contributed by atoms with Crippen molar-refractivity contribution in [2.75, 3.05) is 0 Å². The van der Waals surface area contributed by atoms with Crippen LogP contribution in [0.2, 0.25) is 0 Å². The number of rotatable bonds is 2. The number of hydrogen-bond acceptors (Lipinski definition) is 2. The molecule has 1 aromatic rings. The molecule has 0 radical (unpaired) electrons. The summed E-state index contributed by atoms with van der Waals surface area (Å²) >= 11 is 0. The largest absolute Gasteiger partial charge is 0.370 e. The maximum Gasteiger partial charge on any atom is 0.321 e. The van der Waals surface area contributed by atoms with E-state index < -0.39 is 23.6 Å². The average Bonchev–Trinajstić information content (AvgIpc) is 2.15. The van der Waals surface area contributed by atoms with Gasteiger partial charge in [0.15, 0.2) is 5.96 Å². The molecule has 1 aromatic carbocycles. The molecule has 2 amide bonds. The summed E-state index contributed by atoms with van der Waals surface area (Å²) in [7, 11) is 0. The van der Waals surface area contributed by atoms with E-state index in [0.29, 0.717) is 0 Å². The summed E-state index contributed by atoms with van der Waals surface area (Å²) in [6.07, 6.45) is 0. The van der Waals surface area contributed by atoms with Crippen LogP contribution >= 0.6 is 12.4 Å². The summed E-state index contributed by atoms with van der Waals surface area (Å²) in [5.74, 6) is -2.04.